The van der Waals surface area contributed by atoms with Gasteiger partial charge in [-0.25, -0.2) is 14.4 Å². The van der Waals surface area contributed by atoms with Crippen molar-refractivity contribution >= 4 is 17.4 Å². The summed E-state index contributed by atoms with van der Waals surface area (Å²) in [4.78, 5) is 23.2. The number of piperidine rings is 1. The molecule has 5 rings (SSSR count). The predicted octanol–water partition coefficient (Wildman–Crippen LogP) is 4.20. The van der Waals surface area contributed by atoms with Crippen LogP contribution in [0.5, 0.6) is 0 Å². The van der Waals surface area contributed by atoms with E-state index in [1.165, 1.54) is 12.6 Å². The number of carbonyl (C=O) groups is 1. The standard InChI is InChI=1S/C25H26FN5O/c1-15-4-2-3-11-31(15)18-6-8-20(21(26)13-18)22-14-29-24(27)23(30-22)17-5-7-19-16(12-17)9-10-28-25(19)32/h5-8,12-15H,2-4,9-11H2,1H3,(H2,27,29)(H,28,32). The largest absolute Gasteiger partial charge is 0.382 e. The number of benzene rings is 2. The maximum absolute atomic E-state index is 15.2. The van der Waals surface area contributed by atoms with Gasteiger partial charge in [0, 0.05) is 41.5 Å². The lowest BCUT2D eigenvalue weighted by Gasteiger charge is -2.35. The quantitative estimate of drug-likeness (QED) is 0.649. The average molecular weight is 432 g/mol. The molecule has 3 heterocycles. The minimum Gasteiger partial charge on any atom is -0.382 e. The zero-order valence-corrected chi connectivity index (χ0v) is 18.1. The van der Waals surface area contributed by atoms with Crippen LogP contribution in [0.1, 0.15) is 42.1 Å². The summed E-state index contributed by atoms with van der Waals surface area (Å²) in [5.74, 6) is -0.128. The van der Waals surface area contributed by atoms with Gasteiger partial charge in [0.25, 0.3) is 5.91 Å². The fourth-order valence-electron chi connectivity index (χ4n) is 4.69. The molecule has 0 aliphatic carbocycles. The number of hydrogen-bond acceptors (Lipinski definition) is 5. The van der Waals surface area contributed by atoms with Gasteiger partial charge in [-0.2, -0.15) is 0 Å². The van der Waals surface area contributed by atoms with E-state index in [2.05, 4.69) is 27.1 Å². The van der Waals surface area contributed by atoms with Gasteiger partial charge in [-0.3, -0.25) is 4.79 Å². The summed E-state index contributed by atoms with van der Waals surface area (Å²) < 4.78 is 15.2. The van der Waals surface area contributed by atoms with Crippen LogP contribution in [0.15, 0.2) is 42.6 Å². The summed E-state index contributed by atoms with van der Waals surface area (Å²) in [7, 11) is 0. The van der Waals surface area contributed by atoms with Crippen LogP contribution in [0.2, 0.25) is 0 Å². The van der Waals surface area contributed by atoms with E-state index in [4.69, 9.17) is 5.73 Å². The zero-order valence-electron chi connectivity index (χ0n) is 18.1. The first-order chi connectivity index (χ1) is 15.5. The monoisotopic (exact) mass is 431 g/mol. The Morgan fingerprint density at radius 3 is 2.81 bits per heavy atom. The molecule has 1 amide bonds. The highest BCUT2D eigenvalue weighted by Gasteiger charge is 2.21. The topological polar surface area (TPSA) is 84.1 Å². The number of carbonyl (C=O) groups excluding carboxylic acids is 1. The zero-order chi connectivity index (χ0) is 22.2. The molecule has 0 radical (unpaired) electrons. The number of fused-ring (bicyclic) bond motifs is 1. The number of hydrogen-bond donors (Lipinski definition) is 2. The summed E-state index contributed by atoms with van der Waals surface area (Å²) in [6.45, 7) is 3.73. The molecule has 2 aliphatic rings. The van der Waals surface area contributed by atoms with Crippen LogP contribution in [0, 0.1) is 5.82 Å². The number of nitrogens with one attached hydrogen (secondary N) is 1. The Bertz CT molecular complexity index is 1190. The second-order valence-electron chi connectivity index (χ2n) is 8.57. The van der Waals surface area contributed by atoms with Gasteiger partial charge in [0.05, 0.1) is 11.9 Å². The lowest BCUT2D eigenvalue weighted by atomic mass is 9.96. The molecule has 7 heteroatoms. The number of nitrogens with zero attached hydrogens (tertiary/aromatic N) is 3. The van der Waals surface area contributed by atoms with Gasteiger partial charge in [-0.1, -0.05) is 6.07 Å². The van der Waals surface area contributed by atoms with Crippen LogP contribution in [0.25, 0.3) is 22.5 Å². The second kappa shape index (κ2) is 8.22. The Morgan fingerprint density at radius 2 is 2.00 bits per heavy atom. The van der Waals surface area contributed by atoms with Crippen molar-refractivity contribution in [1.82, 2.24) is 15.3 Å². The number of halogens is 1. The van der Waals surface area contributed by atoms with E-state index in [-0.39, 0.29) is 17.5 Å². The minimum absolute atomic E-state index is 0.0733. The fourth-order valence-corrected chi connectivity index (χ4v) is 4.69. The van der Waals surface area contributed by atoms with Crippen molar-refractivity contribution in [3.63, 3.8) is 0 Å². The van der Waals surface area contributed by atoms with Crippen LogP contribution < -0.4 is 16.0 Å². The molecule has 1 fully saturated rings. The van der Waals surface area contributed by atoms with E-state index in [0.717, 1.165) is 42.6 Å². The fraction of sp³-hybridized carbons (Fsp3) is 0.320. The summed E-state index contributed by atoms with van der Waals surface area (Å²) in [5.41, 5.74) is 10.7. The van der Waals surface area contributed by atoms with Crippen molar-refractivity contribution in [3.05, 3.63) is 59.5 Å². The van der Waals surface area contributed by atoms with Gasteiger partial charge in [-0.15, -0.1) is 0 Å². The Hall–Kier alpha value is -3.48. The Kier molecular flexibility index (Phi) is 5.25. The molecule has 1 atom stereocenters. The Labute approximate surface area is 186 Å². The lowest BCUT2D eigenvalue weighted by molar-refractivity contribution is 0.0946. The lowest BCUT2D eigenvalue weighted by Crippen LogP contribution is -2.37. The van der Waals surface area contributed by atoms with Gasteiger partial charge >= 0.3 is 0 Å². The van der Waals surface area contributed by atoms with Gasteiger partial charge < -0.3 is 16.0 Å². The summed E-state index contributed by atoms with van der Waals surface area (Å²) in [6.07, 6.45) is 5.72. The highest BCUT2D eigenvalue weighted by Crippen LogP contribution is 2.32. The molecule has 3 N–H and O–H groups in total. The summed E-state index contributed by atoms with van der Waals surface area (Å²) in [6, 6.07) is 11.2. The molecule has 3 aromatic rings. The molecular weight excluding hydrogens is 405 g/mol. The molecule has 2 aromatic carbocycles. The maximum Gasteiger partial charge on any atom is 0.251 e. The van der Waals surface area contributed by atoms with Crippen molar-refractivity contribution in [2.45, 2.75) is 38.6 Å². The highest BCUT2D eigenvalue weighted by atomic mass is 19.1. The van der Waals surface area contributed by atoms with E-state index in [1.54, 1.807) is 18.2 Å². The SMILES string of the molecule is CC1CCCCN1c1ccc(-c2cnc(N)c(-c3ccc4c(c3)CCNC4=O)n2)c(F)c1. The van der Waals surface area contributed by atoms with Crippen LogP contribution in [0.4, 0.5) is 15.9 Å². The van der Waals surface area contributed by atoms with Crippen LogP contribution in [-0.2, 0) is 6.42 Å². The molecule has 0 saturated carbocycles. The molecule has 6 nitrogen and oxygen atoms in total. The van der Waals surface area contributed by atoms with Crippen molar-refractivity contribution in [2.24, 2.45) is 0 Å². The normalized spacial score (nSPS) is 18.2. The van der Waals surface area contributed by atoms with E-state index in [1.807, 2.05) is 18.2 Å². The number of anilines is 2. The van der Waals surface area contributed by atoms with E-state index in [0.29, 0.717) is 35.1 Å². The molecule has 1 unspecified atom stereocenters. The third kappa shape index (κ3) is 3.68. The van der Waals surface area contributed by atoms with Gasteiger partial charge in [0.2, 0.25) is 0 Å². The number of aromatic nitrogens is 2. The first-order valence-corrected chi connectivity index (χ1v) is 11.1. The number of nitrogens with two attached hydrogens (primary N) is 1. The molecule has 0 bridgehead atoms. The number of nitrogen functional groups attached to an aromatic ring is 1. The molecule has 32 heavy (non-hydrogen) atoms. The van der Waals surface area contributed by atoms with Crippen LogP contribution in [-0.4, -0.2) is 35.0 Å². The van der Waals surface area contributed by atoms with Gasteiger partial charge in [0.15, 0.2) is 0 Å². The first kappa shape index (κ1) is 20.4. The van der Waals surface area contributed by atoms with Crippen LogP contribution in [0.3, 0.4) is 0 Å². The van der Waals surface area contributed by atoms with Gasteiger partial charge in [-0.05, 0) is 68.5 Å². The summed E-state index contributed by atoms with van der Waals surface area (Å²) >= 11 is 0. The maximum atomic E-state index is 15.2. The average Bonchev–Trinajstić information content (AvgIpc) is 2.80. The predicted molar refractivity (Wildman–Crippen MR) is 124 cm³/mol. The van der Waals surface area contributed by atoms with E-state index < -0.39 is 0 Å². The minimum atomic E-state index is -0.326. The number of amides is 1. The third-order valence-electron chi connectivity index (χ3n) is 6.47. The Balaban J connectivity index is 1.50. The molecule has 164 valence electrons. The summed E-state index contributed by atoms with van der Waals surface area (Å²) in [5, 5.41) is 2.84. The van der Waals surface area contributed by atoms with Crippen molar-refractivity contribution in [3.8, 4) is 22.5 Å². The van der Waals surface area contributed by atoms with Crippen LogP contribution >= 0.6 is 0 Å². The van der Waals surface area contributed by atoms with E-state index in [9.17, 15) is 4.79 Å². The highest BCUT2D eigenvalue weighted by molar-refractivity contribution is 5.97. The molecule has 1 saturated heterocycles. The third-order valence-corrected chi connectivity index (χ3v) is 6.47. The second-order valence-corrected chi connectivity index (χ2v) is 8.57. The first-order valence-electron chi connectivity index (χ1n) is 11.1. The number of rotatable bonds is 3. The van der Waals surface area contributed by atoms with E-state index >= 15 is 4.39 Å². The van der Waals surface area contributed by atoms with Crippen molar-refractivity contribution in [1.29, 1.82) is 0 Å². The smallest absolute Gasteiger partial charge is 0.251 e. The molecule has 2 aliphatic heterocycles. The molecular formula is C25H26FN5O. The van der Waals surface area contributed by atoms with Crippen molar-refractivity contribution < 1.29 is 9.18 Å². The van der Waals surface area contributed by atoms with Crippen molar-refractivity contribution in [2.75, 3.05) is 23.7 Å². The van der Waals surface area contributed by atoms with Gasteiger partial charge in [0.1, 0.15) is 17.3 Å². The Morgan fingerprint density at radius 1 is 1.16 bits per heavy atom. The molecule has 0 spiro atoms. The molecule has 1 aromatic heterocycles.